The molecule has 2 unspecified atom stereocenters. The minimum atomic E-state index is -1.15. The Labute approximate surface area is 328 Å². The van der Waals surface area contributed by atoms with Crippen LogP contribution in [-0.4, -0.2) is 75.5 Å². The highest BCUT2D eigenvalue weighted by Crippen LogP contribution is 2.09. The van der Waals surface area contributed by atoms with Crippen LogP contribution < -0.4 is 5.11 Å². The number of carbonyl (C=O) groups is 3. The van der Waals surface area contributed by atoms with Crippen molar-refractivity contribution < 1.29 is 38.2 Å². The molecule has 0 spiro atoms. The van der Waals surface area contributed by atoms with E-state index in [0.717, 1.165) is 64.2 Å². The van der Waals surface area contributed by atoms with Crippen molar-refractivity contribution in [3.8, 4) is 0 Å². The maximum Gasteiger partial charge on any atom is 0.310 e. The van der Waals surface area contributed by atoms with E-state index in [0.29, 0.717) is 12.8 Å². The summed E-state index contributed by atoms with van der Waals surface area (Å²) < 4.78 is 16.9. The second kappa shape index (κ2) is 36.0. The zero-order chi connectivity index (χ0) is 40.0. The van der Waals surface area contributed by atoms with Crippen molar-refractivity contribution >= 4 is 17.9 Å². The summed E-state index contributed by atoms with van der Waals surface area (Å²) in [5, 5.41) is 11.6. The number of allylic oxidation sites excluding steroid dienone is 17. The van der Waals surface area contributed by atoms with Crippen LogP contribution in [0.25, 0.3) is 0 Å². The fourth-order valence-corrected chi connectivity index (χ4v) is 4.90. The SMILES string of the molecule is CC/C=C\C/C=C\C/C=C\C/C=C\C/C=C\CC(=O)OC(COCCC(C(=O)[O-])[N+](C)(C)C)COC(=O)CCCC/C=C\C/C=C\C/C=C\C/C=C\CC. The highest BCUT2D eigenvalue weighted by Gasteiger charge is 2.25. The second-order valence-corrected chi connectivity index (χ2v) is 13.8. The Kier molecular flexibility index (Phi) is 33.3. The Hall–Kier alpha value is -4.01. The molecule has 302 valence electrons. The van der Waals surface area contributed by atoms with Crippen molar-refractivity contribution in [1.29, 1.82) is 0 Å². The minimum Gasteiger partial charge on any atom is -0.544 e. The molecular formula is C46H71NO7. The highest BCUT2D eigenvalue weighted by molar-refractivity contribution is 5.71. The molecule has 0 radical (unpaired) electrons. The van der Waals surface area contributed by atoms with Crippen LogP contribution >= 0.6 is 0 Å². The molecule has 0 bridgehead atoms. The second-order valence-electron chi connectivity index (χ2n) is 13.8. The molecule has 8 heteroatoms. The predicted octanol–water partition coefficient (Wildman–Crippen LogP) is 9.18. The third-order valence-electron chi connectivity index (χ3n) is 7.94. The van der Waals surface area contributed by atoms with Gasteiger partial charge in [-0.3, -0.25) is 9.59 Å². The lowest BCUT2D eigenvalue weighted by molar-refractivity contribution is -0.889. The highest BCUT2D eigenvalue weighted by atomic mass is 16.6. The van der Waals surface area contributed by atoms with Gasteiger partial charge in [0.15, 0.2) is 6.10 Å². The van der Waals surface area contributed by atoms with E-state index in [1.54, 1.807) is 27.2 Å². The molecule has 0 fully saturated rings. The topological polar surface area (TPSA) is 102 Å². The molecule has 0 amide bonds. The summed E-state index contributed by atoms with van der Waals surface area (Å²) in [7, 11) is 5.34. The lowest BCUT2D eigenvalue weighted by atomic mass is 10.1. The maximum absolute atomic E-state index is 12.6. The lowest BCUT2D eigenvalue weighted by Gasteiger charge is -2.34. The number of hydrogen-bond donors (Lipinski definition) is 0. The summed E-state index contributed by atoms with van der Waals surface area (Å²) in [4.78, 5) is 36.7. The molecule has 2 atom stereocenters. The fourth-order valence-electron chi connectivity index (χ4n) is 4.90. The first-order chi connectivity index (χ1) is 26.1. The minimum absolute atomic E-state index is 0.0204. The van der Waals surface area contributed by atoms with Gasteiger partial charge in [-0.1, -0.05) is 123 Å². The molecule has 0 aromatic carbocycles. The summed E-state index contributed by atoms with van der Waals surface area (Å²) in [6.45, 7) is 4.24. The van der Waals surface area contributed by atoms with Crippen molar-refractivity contribution in [1.82, 2.24) is 0 Å². The Morgan fingerprint density at radius 1 is 0.574 bits per heavy atom. The number of rotatable bonds is 33. The van der Waals surface area contributed by atoms with Gasteiger partial charge in [0.2, 0.25) is 0 Å². The number of nitrogens with zero attached hydrogens (tertiary/aromatic N) is 1. The number of carbonyl (C=O) groups excluding carboxylic acids is 3. The number of quaternary nitrogens is 1. The van der Waals surface area contributed by atoms with Gasteiger partial charge in [-0.15, -0.1) is 0 Å². The number of ether oxygens (including phenoxy) is 3. The Balaban J connectivity index is 4.64. The van der Waals surface area contributed by atoms with Gasteiger partial charge in [0.1, 0.15) is 12.6 Å². The monoisotopic (exact) mass is 750 g/mol. The first-order valence-corrected chi connectivity index (χ1v) is 19.9. The fraction of sp³-hybridized carbons (Fsp3) is 0.543. The van der Waals surface area contributed by atoms with Gasteiger partial charge in [0.05, 0.1) is 46.7 Å². The van der Waals surface area contributed by atoms with E-state index < -0.39 is 24.1 Å². The van der Waals surface area contributed by atoms with Crippen LogP contribution in [-0.2, 0) is 28.6 Å². The molecule has 0 N–H and O–H groups in total. The number of carboxylic acid groups (broad SMARTS) is 1. The van der Waals surface area contributed by atoms with Crippen molar-refractivity contribution in [3.05, 3.63) is 109 Å². The molecule has 0 saturated heterocycles. The zero-order valence-electron chi connectivity index (χ0n) is 34.1. The van der Waals surface area contributed by atoms with E-state index in [4.69, 9.17) is 14.2 Å². The molecule has 0 aromatic rings. The van der Waals surface area contributed by atoms with Crippen LogP contribution in [0, 0.1) is 0 Å². The van der Waals surface area contributed by atoms with Gasteiger partial charge >= 0.3 is 11.9 Å². The quantitative estimate of drug-likeness (QED) is 0.0285. The van der Waals surface area contributed by atoms with E-state index in [-0.39, 0.29) is 49.5 Å². The first-order valence-electron chi connectivity index (χ1n) is 19.9. The van der Waals surface area contributed by atoms with Crippen LogP contribution in [0.4, 0.5) is 0 Å². The Morgan fingerprint density at radius 3 is 1.46 bits per heavy atom. The number of unbranched alkanes of at least 4 members (excludes halogenated alkanes) is 2. The van der Waals surface area contributed by atoms with Crippen LogP contribution in [0.3, 0.4) is 0 Å². The van der Waals surface area contributed by atoms with E-state index in [1.165, 1.54) is 0 Å². The molecule has 0 rings (SSSR count). The van der Waals surface area contributed by atoms with Gasteiger partial charge in [0.25, 0.3) is 0 Å². The Bertz CT molecular complexity index is 1240. The number of hydrogen-bond acceptors (Lipinski definition) is 7. The number of esters is 2. The van der Waals surface area contributed by atoms with Gasteiger partial charge in [-0.05, 0) is 77.0 Å². The largest absolute Gasteiger partial charge is 0.544 e. The van der Waals surface area contributed by atoms with Crippen LogP contribution in [0.2, 0.25) is 0 Å². The molecule has 0 aromatic heterocycles. The maximum atomic E-state index is 12.6. The van der Waals surface area contributed by atoms with E-state index in [9.17, 15) is 19.5 Å². The number of carboxylic acids is 1. The molecule has 0 aliphatic heterocycles. The van der Waals surface area contributed by atoms with Gasteiger partial charge < -0.3 is 28.6 Å². The average molecular weight is 750 g/mol. The van der Waals surface area contributed by atoms with E-state index in [2.05, 4.69) is 105 Å². The van der Waals surface area contributed by atoms with Crippen molar-refractivity contribution in [2.75, 3.05) is 41.0 Å². The van der Waals surface area contributed by atoms with Crippen molar-refractivity contribution in [3.63, 3.8) is 0 Å². The van der Waals surface area contributed by atoms with Gasteiger partial charge in [-0.25, -0.2) is 0 Å². The third-order valence-corrected chi connectivity index (χ3v) is 7.94. The van der Waals surface area contributed by atoms with E-state index >= 15 is 0 Å². The molecule has 0 aliphatic rings. The van der Waals surface area contributed by atoms with Crippen LogP contribution in [0.1, 0.15) is 110 Å². The molecule has 0 aliphatic carbocycles. The molecular weight excluding hydrogens is 679 g/mol. The smallest absolute Gasteiger partial charge is 0.310 e. The van der Waals surface area contributed by atoms with Crippen LogP contribution in [0.15, 0.2) is 109 Å². The molecule has 0 saturated carbocycles. The number of likely N-dealkylation sites (N-methyl/N-ethyl adjacent to an activating group) is 1. The lowest BCUT2D eigenvalue weighted by Crippen LogP contribution is -2.55. The predicted molar refractivity (Wildman–Crippen MR) is 221 cm³/mol. The van der Waals surface area contributed by atoms with Crippen molar-refractivity contribution in [2.24, 2.45) is 0 Å². The Morgan fingerprint density at radius 2 is 1.02 bits per heavy atom. The first kappa shape index (κ1) is 50.0. The zero-order valence-corrected chi connectivity index (χ0v) is 34.1. The molecule has 8 nitrogen and oxygen atoms in total. The number of aliphatic carboxylic acids is 1. The van der Waals surface area contributed by atoms with Gasteiger partial charge in [0, 0.05) is 12.8 Å². The summed E-state index contributed by atoms with van der Waals surface area (Å²) in [5.74, 6) is -1.97. The van der Waals surface area contributed by atoms with Crippen LogP contribution in [0.5, 0.6) is 0 Å². The third kappa shape index (κ3) is 33.8. The average Bonchev–Trinajstić information content (AvgIpc) is 3.12. The molecule has 54 heavy (non-hydrogen) atoms. The summed E-state index contributed by atoms with van der Waals surface area (Å²) >= 11 is 0. The van der Waals surface area contributed by atoms with Gasteiger partial charge in [-0.2, -0.15) is 0 Å². The summed E-state index contributed by atoms with van der Waals surface area (Å²) in [6.07, 6.45) is 48.6. The van der Waals surface area contributed by atoms with Crippen molar-refractivity contribution in [2.45, 2.75) is 122 Å². The summed E-state index contributed by atoms with van der Waals surface area (Å²) in [6, 6.07) is -0.754. The summed E-state index contributed by atoms with van der Waals surface area (Å²) in [5.41, 5.74) is 0. The normalized spacial score (nSPS) is 14.2. The standard InChI is InChI=1S/C46H71NO7/c1-6-8-10-12-14-16-18-20-22-24-26-28-30-32-34-36-44(48)53-41-42(40-52-39-38-43(46(50)51)47(3,4)5)54-45(49)37-35-33-31-29-27-25-23-21-19-17-15-13-11-9-7-2/h8-11,14-17,20-23,26-29,33,35,42-43H,6-7,12-13,18-19,24-25,30-32,34,36-41H2,1-5H3/b10-8-,11-9-,16-14-,17-15-,22-20-,23-21-,28-26-,29-27-,35-33-. The van der Waals surface area contributed by atoms with E-state index in [1.807, 2.05) is 12.2 Å². The molecule has 0 heterocycles.